The number of aromatic amines is 1. The number of aromatic nitrogens is 2. The number of halogens is 2. The lowest BCUT2D eigenvalue weighted by Crippen LogP contribution is -1.94. The largest absolute Gasteiger partial charge is 0.323 e. The van der Waals surface area contributed by atoms with Gasteiger partial charge in [0, 0.05) is 10.0 Å². The van der Waals surface area contributed by atoms with Crippen LogP contribution in [0, 0.1) is 5.82 Å². The molecule has 0 aliphatic heterocycles. The van der Waals surface area contributed by atoms with Crippen molar-refractivity contribution in [3.63, 3.8) is 0 Å². The van der Waals surface area contributed by atoms with E-state index < -0.39 is 0 Å². The predicted molar refractivity (Wildman–Crippen MR) is 81.4 cm³/mol. The van der Waals surface area contributed by atoms with Crippen LogP contribution in [0.5, 0.6) is 0 Å². The number of imidazole rings is 1. The Morgan fingerprint density at radius 2 is 2.10 bits per heavy atom. The molecule has 2 N–H and O–H groups in total. The lowest BCUT2D eigenvalue weighted by Gasteiger charge is -1.97. The molecule has 100 valence electrons. The van der Waals surface area contributed by atoms with E-state index in [0.717, 1.165) is 15.5 Å². The number of benzene rings is 2. The van der Waals surface area contributed by atoms with Crippen LogP contribution in [-0.4, -0.2) is 16.2 Å². The quantitative estimate of drug-likeness (QED) is 0.564. The number of hydrazone groups is 1. The molecule has 3 aromatic rings. The summed E-state index contributed by atoms with van der Waals surface area (Å²) in [6.07, 6.45) is 1.41. The van der Waals surface area contributed by atoms with Gasteiger partial charge in [-0.05, 0) is 30.3 Å². The van der Waals surface area contributed by atoms with Crippen molar-refractivity contribution in [1.82, 2.24) is 9.97 Å². The number of fused-ring (bicyclic) bond motifs is 1. The third-order valence-corrected chi connectivity index (χ3v) is 3.21. The summed E-state index contributed by atoms with van der Waals surface area (Å²) in [7, 11) is 0. The van der Waals surface area contributed by atoms with Crippen LogP contribution in [0.4, 0.5) is 10.3 Å². The Morgan fingerprint density at radius 3 is 2.95 bits per heavy atom. The molecule has 0 fully saturated rings. The molecule has 0 bridgehead atoms. The number of H-pyrrole nitrogens is 1. The molecule has 0 saturated heterocycles. The maximum atomic E-state index is 13.5. The van der Waals surface area contributed by atoms with Crippen LogP contribution < -0.4 is 5.43 Å². The van der Waals surface area contributed by atoms with Crippen molar-refractivity contribution in [2.45, 2.75) is 0 Å². The second kappa shape index (κ2) is 5.42. The zero-order valence-electron chi connectivity index (χ0n) is 10.3. The highest BCUT2D eigenvalue weighted by atomic mass is 79.9. The van der Waals surface area contributed by atoms with Gasteiger partial charge in [-0.3, -0.25) is 0 Å². The molecule has 1 aromatic heterocycles. The van der Waals surface area contributed by atoms with Crippen molar-refractivity contribution in [3.8, 4) is 0 Å². The van der Waals surface area contributed by atoms with Gasteiger partial charge in [-0.2, -0.15) is 5.10 Å². The molecule has 0 spiro atoms. The normalized spacial score (nSPS) is 11.3. The fourth-order valence-electron chi connectivity index (χ4n) is 1.78. The molecule has 0 saturated carbocycles. The maximum absolute atomic E-state index is 13.5. The summed E-state index contributed by atoms with van der Waals surface area (Å²) in [5, 5.41) is 3.98. The molecule has 3 rings (SSSR count). The van der Waals surface area contributed by atoms with E-state index in [1.165, 1.54) is 12.3 Å². The van der Waals surface area contributed by atoms with Gasteiger partial charge in [0.25, 0.3) is 0 Å². The van der Waals surface area contributed by atoms with Gasteiger partial charge in [-0.15, -0.1) is 0 Å². The van der Waals surface area contributed by atoms with E-state index in [2.05, 4.69) is 36.4 Å². The van der Waals surface area contributed by atoms with Gasteiger partial charge in [0.1, 0.15) is 5.82 Å². The third kappa shape index (κ3) is 2.70. The number of nitrogens with zero attached hydrogens (tertiary/aromatic N) is 2. The van der Waals surface area contributed by atoms with Crippen molar-refractivity contribution in [2.75, 3.05) is 5.43 Å². The Labute approximate surface area is 122 Å². The average Bonchev–Trinajstić information content (AvgIpc) is 2.85. The van der Waals surface area contributed by atoms with Crippen molar-refractivity contribution in [2.24, 2.45) is 5.10 Å². The molecule has 20 heavy (non-hydrogen) atoms. The van der Waals surface area contributed by atoms with Crippen LogP contribution in [-0.2, 0) is 0 Å². The van der Waals surface area contributed by atoms with Crippen LogP contribution in [0.15, 0.2) is 52.0 Å². The first-order chi connectivity index (χ1) is 9.72. The van der Waals surface area contributed by atoms with Crippen LogP contribution in [0.25, 0.3) is 11.0 Å². The van der Waals surface area contributed by atoms with Crippen LogP contribution in [0.3, 0.4) is 0 Å². The highest BCUT2D eigenvalue weighted by Crippen LogP contribution is 2.15. The zero-order chi connectivity index (χ0) is 13.9. The first-order valence-corrected chi connectivity index (χ1v) is 6.70. The van der Waals surface area contributed by atoms with Gasteiger partial charge >= 0.3 is 0 Å². The minimum absolute atomic E-state index is 0.330. The number of nitrogens with one attached hydrogen (secondary N) is 2. The molecule has 0 unspecified atom stereocenters. The van der Waals surface area contributed by atoms with E-state index in [0.29, 0.717) is 11.5 Å². The SMILES string of the molecule is Fc1ccc(Br)cc1/C=N\Nc1nc2ccccc2[nH]1. The Morgan fingerprint density at radius 1 is 1.25 bits per heavy atom. The van der Waals surface area contributed by atoms with E-state index in [1.54, 1.807) is 12.1 Å². The molecule has 4 nitrogen and oxygen atoms in total. The highest BCUT2D eigenvalue weighted by Gasteiger charge is 2.01. The Bertz CT molecular complexity index is 749. The molecule has 0 aliphatic rings. The lowest BCUT2D eigenvalue weighted by atomic mass is 10.2. The summed E-state index contributed by atoms with van der Waals surface area (Å²) >= 11 is 3.29. The van der Waals surface area contributed by atoms with Gasteiger partial charge in [-0.25, -0.2) is 14.8 Å². The fourth-order valence-corrected chi connectivity index (χ4v) is 2.16. The minimum atomic E-state index is -0.330. The van der Waals surface area contributed by atoms with Gasteiger partial charge in [-0.1, -0.05) is 28.1 Å². The third-order valence-electron chi connectivity index (χ3n) is 2.72. The molecule has 2 aromatic carbocycles. The first-order valence-electron chi connectivity index (χ1n) is 5.91. The molecular formula is C14H10BrFN4. The summed E-state index contributed by atoms with van der Waals surface area (Å²) in [5.74, 6) is 0.182. The smallest absolute Gasteiger partial charge is 0.222 e. The number of hydrogen-bond acceptors (Lipinski definition) is 3. The molecule has 0 aliphatic carbocycles. The predicted octanol–water partition coefficient (Wildman–Crippen LogP) is 3.91. The average molecular weight is 333 g/mol. The topological polar surface area (TPSA) is 53.1 Å². The standard InChI is InChI=1S/C14H10BrFN4/c15-10-5-6-11(16)9(7-10)8-17-20-14-18-12-3-1-2-4-13(12)19-14/h1-8H,(H2,18,19,20)/b17-8-. The number of para-hydroxylation sites is 2. The number of anilines is 1. The first kappa shape index (κ1) is 12.8. The summed E-state index contributed by atoms with van der Waals surface area (Å²) in [5.41, 5.74) is 4.90. The van der Waals surface area contributed by atoms with E-state index in [-0.39, 0.29) is 5.82 Å². The Hall–Kier alpha value is -2.21. The Kier molecular flexibility index (Phi) is 3.47. The molecule has 0 amide bonds. The van der Waals surface area contributed by atoms with E-state index in [1.807, 2.05) is 24.3 Å². The van der Waals surface area contributed by atoms with Gasteiger partial charge in [0.2, 0.25) is 5.95 Å². The van der Waals surface area contributed by atoms with Gasteiger partial charge in [0.05, 0.1) is 17.2 Å². The van der Waals surface area contributed by atoms with E-state index >= 15 is 0 Å². The van der Waals surface area contributed by atoms with Crippen molar-refractivity contribution < 1.29 is 4.39 Å². The van der Waals surface area contributed by atoms with E-state index in [4.69, 9.17) is 0 Å². The molecule has 6 heteroatoms. The lowest BCUT2D eigenvalue weighted by molar-refractivity contribution is 0.625. The van der Waals surface area contributed by atoms with Gasteiger partial charge < -0.3 is 4.98 Å². The molecule has 0 atom stereocenters. The monoisotopic (exact) mass is 332 g/mol. The van der Waals surface area contributed by atoms with Crippen molar-refractivity contribution >= 4 is 39.1 Å². The molecular weight excluding hydrogens is 323 g/mol. The highest BCUT2D eigenvalue weighted by molar-refractivity contribution is 9.10. The summed E-state index contributed by atoms with van der Waals surface area (Å²) in [6.45, 7) is 0. The van der Waals surface area contributed by atoms with Crippen LogP contribution in [0.2, 0.25) is 0 Å². The van der Waals surface area contributed by atoms with E-state index in [9.17, 15) is 4.39 Å². The van der Waals surface area contributed by atoms with Crippen LogP contribution in [0.1, 0.15) is 5.56 Å². The summed E-state index contributed by atoms with van der Waals surface area (Å²) in [4.78, 5) is 7.37. The Balaban J connectivity index is 1.78. The summed E-state index contributed by atoms with van der Waals surface area (Å²) in [6, 6.07) is 12.3. The second-order valence-corrected chi connectivity index (χ2v) is 5.05. The maximum Gasteiger partial charge on any atom is 0.222 e. The summed E-state index contributed by atoms with van der Waals surface area (Å²) < 4.78 is 14.3. The van der Waals surface area contributed by atoms with Crippen LogP contribution >= 0.6 is 15.9 Å². The zero-order valence-corrected chi connectivity index (χ0v) is 11.9. The molecule has 0 radical (unpaired) electrons. The molecule has 1 heterocycles. The minimum Gasteiger partial charge on any atom is -0.323 e. The van der Waals surface area contributed by atoms with Gasteiger partial charge in [0.15, 0.2) is 0 Å². The fraction of sp³-hybridized carbons (Fsp3) is 0. The van der Waals surface area contributed by atoms with Crippen molar-refractivity contribution in [1.29, 1.82) is 0 Å². The number of hydrogen-bond donors (Lipinski definition) is 2. The second-order valence-electron chi connectivity index (χ2n) is 4.14. The van der Waals surface area contributed by atoms with Crippen molar-refractivity contribution in [3.05, 3.63) is 58.3 Å². The number of rotatable bonds is 3.